The Morgan fingerprint density at radius 3 is 2.27 bits per heavy atom. The molecule has 6 amide bonds. The molecule has 3 aromatic carbocycles. The minimum absolute atomic E-state index is 0.00332. The van der Waals surface area contributed by atoms with E-state index in [0.29, 0.717) is 17.7 Å². The highest BCUT2D eigenvalue weighted by molar-refractivity contribution is 7.13. The summed E-state index contributed by atoms with van der Waals surface area (Å²) < 4.78 is 11.6. The van der Waals surface area contributed by atoms with Crippen molar-refractivity contribution < 1.29 is 48.1 Å². The van der Waals surface area contributed by atoms with Crippen molar-refractivity contribution in [2.24, 2.45) is 16.9 Å². The number of carbonyl (C=O) groups excluding carboxylic acids is 7. The number of aliphatic hydroxyl groups is 1. The first-order chi connectivity index (χ1) is 35.8. The number of nitrogens with one attached hydrogen (secondary N) is 3. The highest BCUT2D eigenvalue weighted by atomic mass is 32.1. The van der Waals surface area contributed by atoms with Crippen molar-refractivity contribution >= 4 is 58.4 Å². The molecule has 1 aromatic heterocycles. The first-order valence-electron chi connectivity index (χ1n) is 25.9. The van der Waals surface area contributed by atoms with E-state index in [2.05, 4.69) is 20.9 Å². The standard InChI is InChI=1S/C56H72N8O10S/c1-33-50(75-32-60-33)38-21-19-36(20-22-38)28-59-52(69)44-26-41(66)29-63(44)55(72)51(56(3,4)5)62-48(68)14-9-7-6-8-11-35-15-17-37(18-16-35)30-73-31-40(23-24-47(58)67)61-53(70)45-25-39-12-10-13-42-46(74-34(2)65)27-43(57)54(71)64(45)49(39)42/h10,12-13,15-22,32,40-41,43-46,51,66H,6-9,11,14,23-31,57H2,1-5H3,(H2,58,67)(H,59,69)(H,61,70)(H,62,68)/t40-,41+,43-,44-,45-,46?,51+/m0/s1. The van der Waals surface area contributed by atoms with Crippen molar-refractivity contribution in [2.45, 2.75) is 161 Å². The summed E-state index contributed by atoms with van der Waals surface area (Å²) in [6.45, 7) is 9.48. The fourth-order valence-corrected chi connectivity index (χ4v) is 10.9. The number of para-hydroxylation sites is 1. The van der Waals surface area contributed by atoms with Gasteiger partial charge in [-0.05, 0) is 65.8 Å². The second-order valence-electron chi connectivity index (χ2n) is 21.1. The van der Waals surface area contributed by atoms with E-state index >= 15 is 0 Å². The Kier molecular flexibility index (Phi) is 19.0. The van der Waals surface area contributed by atoms with Crippen LogP contribution in [0.15, 0.2) is 72.2 Å². The molecular weight excluding hydrogens is 977 g/mol. The number of carbonyl (C=O) groups is 7. The number of nitrogens with zero attached hydrogens (tertiary/aromatic N) is 3. The van der Waals surface area contributed by atoms with Gasteiger partial charge in [-0.15, -0.1) is 11.3 Å². The van der Waals surface area contributed by atoms with Crippen LogP contribution < -0.4 is 32.3 Å². The number of primary amides is 1. The minimum Gasteiger partial charge on any atom is -0.458 e. The van der Waals surface area contributed by atoms with Gasteiger partial charge in [-0.3, -0.25) is 38.5 Å². The summed E-state index contributed by atoms with van der Waals surface area (Å²) in [4.78, 5) is 100. The van der Waals surface area contributed by atoms with E-state index in [4.69, 9.17) is 20.9 Å². The van der Waals surface area contributed by atoms with Crippen LogP contribution in [0.4, 0.5) is 5.69 Å². The van der Waals surface area contributed by atoms with Crippen molar-refractivity contribution in [3.63, 3.8) is 0 Å². The van der Waals surface area contributed by atoms with Gasteiger partial charge in [0.1, 0.15) is 24.2 Å². The molecule has 0 spiro atoms. The van der Waals surface area contributed by atoms with Crippen LogP contribution in [-0.2, 0) is 69.0 Å². The fourth-order valence-electron chi connectivity index (χ4n) is 10.1. The monoisotopic (exact) mass is 1050 g/mol. The Balaban J connectivity index is 0.823. The molecule has 7 rings (SSSR count). The molecule has 0 radical (unpaired) electrons. The molecule has 4 aromatic rings. The lowest BCUT2D eigenvalue weighted by atomic mass is 9.85. The van der Waals surface area contributed by atoms with E-state index in [1.165, 1.54) is 16.7 Å². The van der Waals surface area contributed by atoms with Gasteiger partial charge >= 0.3 is 5.97 Å². The number of hydrogen-bond acceptors (Lipinski definition) is 13. The maximum Gasteiger partial charge on any atom is 0.303 e. The van der Waals surface area contributed by atoms with Gasteiger partial charge in [0.05, 0.1) is 53.2 Å². The maximum atomic E-state index is 14.1. The summed E-state index contributed by atoms with van der Waals surface area (Å²) in [5.41, 5.74) is 19.8. The molecule has 7 atom stereocenters. The number of aryl methyl sites for hydroxylation is 2. The number of aromatic nitrogens is 1. The number of anilines is 1. The number of nitrogens with two attached hydrogens (primary N) is 2. The Hall–Kier alpha value is -6.54. The lowest BCUT2D eigenvalue weighted by Gasteiger charge is -2.35. The number of β-amino-alcohol motifs (C(OH)–C–C–N with tert-alkyl or cyclic N) is 1. The van der Waals surface area contributed by atoms with Crippen LogP contribution in [0.5, 0.6) is 0 Å². The molecule has 1 fully saturated rings. The van der Waals surface area contributed by atoms with Crippen LogP contribution >= 0.6 is 11.3 Å². The SMILES string of the molecule is CC(=O)OC1C[C@H](N)C(=O)N2c3c(cccc31)C[C@H]2C(=O)N[C@@H](CCC(N)=O)COCc1ccc(CCCCCCC(=O)N[C@H](C(=O)N2C[C@H](O)C[C@H]2C(=O)NCc2ccc(-c3scnc3C)cc2)C(C)(C)C)cc1. The number of esters is 1. The summed E-state index contributed by atoms with van der Waals surface area (Å²) in [6.07, 6.45) is 3.44. The van der Waals surface area contributed by atoms with Gasteiger partial charge in [0.25, 0.3) is 0 Å². The second kappa shape index (κ2) is 25.3. The first-order valence-corrected chi connectivity index (χ1v) is 26.8. The number of amides is 6. The van der Waals surface area contributed by atoms with Gasteiger partial charge in [-0.25, -0.2) is 4.98 Å². The summed E-state index contributed by atoms with van der Waals surface area (Å²) in [5.74, 6) is -2.88. The molecule has 0 aliphatic carbocycles. The number of thiazole rings is 1. The van der Waals surface area contributed by atoms with Crippen molar-refractivity contribution in [3.05, 3.63) is 106 Å². The number of likely N-dealkylation sites (tertiary alicyclic amines) is 1. The van der Waals surface area contributed by atoms with Gasteiger partial charge in [0.2, 0.25) is 35.4 Å². The molecule has 18 nitrogen and oxygen atoms in total. The normalized spacial score (nSPS) is 19.9. The van der Waals surface area contributed by atoms with E-state index in [-0.39, 0.29) is 76.6 Å². The van der Waals surface area contributed by atoms with Crippen molar-refractivity contribution in [1.82, 2.24) is 25.8 Å². The molecular formula is C56H72N8O10S. The zero-order chi connectivity index (χ0) is 54.0. The predicted octanol–water partition coefficient (Wildman–Crippen LogP) is 4.98. The molecule has 75 heavy (non-hydrogen) atoms. The topological polar surface area (TPSA) is 266 Å². The quantitative estimate of drug-likeness (QED) is 0.0425. The van der Waals surface area contributed by atoms with Gasteiger partial charge in [-0.1, -0.05) is 100 Å². The average Bonchev–Trinajstić information content (AvgIpc) is 4.09. The van der Waals surface area contributed by atoms with E-state index < -0.39 is 77.4 Å². The zero-order valence-electron chi connectivity index (χ0n) is 43.6. The molecule has 0 saturated carbocycles. The zero-order valence-corrected chi connectivity index (χ0v) is 44.4. The van der Waals surface area contributed by atoms with E-state index in [0.717, 1.165) is 64.1 Å². The number of rotatable bonds is 23. The average molecular weight is 1050 g/mol. The number of hydrogen-bond donors (Lipinski definition) is 6. The molecule has 1 unspecified atom stereocenters. The highest BCUT2D eigenvalue weighted by Crippen LogP contribution is 2.43. The molecule has 0 bridgehead atoms. The Labute approximate surface area is 442 Å². The molecule has 1 saturated heterocycles. The lowest BCUT2D eigenvalue weighted by Crippen LogP contribution is -2.57. The summed E-state index contributed by atoms with van der Waals surface area (Å²) >= 11 is 1.57. The third-order valence-corrected chi connectivity index (χ3v) is 15.1. The molecule has 3 aliphatic rings. The number of benzene rings is 3. The number of unbranched alkanes of at least 4 members (excludes halogenated alkanes) is 3. The van der Waals surface area contributed by atoms with Crippen LogP contribution in [0, 0.1) is 12.3 Å². The predicted molar refractivity (Wildman–Crippen MR) is 283 cm³/mol. The number of aliphatic hydroxyl groups excluding tert-OH is 1. The third kappa shape index (κ3) is 14.7. The number of ether oxygens (including phenoxy) is 2. The van der Waals surface area contributed by atoms with Crippen molar-refractivity contribution in [2.75, 3.05) is 18.1 Å². The summed E-state index contributed by atoms with van der Waals surface area (Å²) in [5, 5.41) is 19.5. The van der Waals surface area contributed by atoms with E-state index in [1.807, 2.05) is 87.8 Å². The largest absolute Gasteiger partial charge is 0.458 e. The molecule has 4 heterocycles. The molecule has 8 N–H and O–H groups in total. The van der Waals surface area contributed by atoms with Gasteiger partial charge in [-0.2, -0.15) is 0 Å². The summed E-state index contributed by atoms with van der Waals surface area (Å²) in [6, 6.07) is 17.1. The van der Waals surface area contributed by atoms with Crippen LogP contribution in [0.25, 0.3) is 10.4 Å². The van der Waals surface area contributed by atoms with Crippen LogP contribution in [0.1, 0.15) is 125 Å². The maximum absolute atomic E-state index is 14.1. The third-order valence-electron chi connectivity index (χ3n) is 14.1. The molecule has 3 aliphatic heterocycles. The molecule has 19 heteroatoms. The van der Waals surface area contributed by atoms with Crippen molar-refractivity contribution in [1.29, 1.82) is 0 Å². The highest BCUT2D eigenvalue weighted by Gasteiger charge is 2.47. The Morgan fingerprint density at radius 1 is 0.880 bits per heavy atom. The van der Waals surface area contributed by atoms with Gasteiger partial charge in [0, 0.05) is 57.7 Å². The van der Waals surface area contributed by atoms with E-state index in [1.54, 1.807) is 23.5 Å². The van der Waals surface area contributed by atoms with Gasteiger partial charge < -0.3 is 46.9 Å². The van der Waals surface area contributed by atoms with Gasteiger partial charge in [0.15, 0.2) is 0 Å². The lowest BCUT2D eigenvalue weighted by molar-refractivity contribution is -0.147. The van der Waals surface area contributed by atoms with Crippen LogP contribution in [0.2, 0.25) is 0 Å². The summed E-state index contributed by atoms with van der Waals surface area (Å²) in [7, 11) is 0. The van der Waals surface area contributed by atoms with Crippen LogP contribution in [-0.4, -0.2) is 106 Å². The first kappa shape index (κ1) is 56.2. The van der Waals surface area contributed by atoms with E-state index in [9.17, 15) is 38.7 Å². The fraction of sp³-hybridized carbons (Fsp3) is 0.500. The van der Waals surface area contributed by atoms with Crippen LogP contribution in [0.3, 0.4) is 0 Å². The van der Waals surface area contributed by atoms with Crippen molar-refractivity contribution in [3.8, 4) is 10.4 Å². The Bertz CT molecular complexity index is 2690. The second-order valence-corrected chi connectivity index (χ2v) is 22.0. The Morgan fingerprint density at radius 2 is 1.59 bits per heavy atom. The minimum atomic E-state index is -0.999. The molecule has 402 valence electrons. The smallest absolute Gasteiger partial charge is 0.303 e.